The van der Waals surface area contributed by atoms with E-state index >= 15 is 0 Å². The van der Waals surface area contributed by atoms with Crippen LogP contribution >= 0.6 is 0 Å². The van der Waals surface area contributed by atoms with Gasteiger partial charge in [0.25, 0.3) is 0 Å². The molecule has 0 N–H and O–H groups in total. The van der Waals surface area contributed by atoms with Crippen molar-refractivity contribution in [1.29, 1.82) is 0 Å². The zero-order valence-electron chi connectivity index (χ0n) is 11.4. The summed E-state index contributed by atoms with van der Waals surface area (Å²) in [4.78, 5) is 14.9. The molecule has 0 aromatic heterocycles. The molecule has 0 aliphatic carbocycles. The minimum atomic E-state index is -0.0356. The van der Waals surface area contributed by atoms with Crippen molar-refractivity contribution < 1.29 is 4.79 Å². The number of piperidine rings is 1. The van der Waals surface area contributed by atoms with Gasteiger partial charge in [-0.25, -0.2) is 0 Å². The highest BCUT2D eigenvalue weighted by atomic mass is 16.1. The monoisotopic (exact) mass is 245 g/mol. The molecule has 1 heterocycles. The Kier molecular flexibility index (Phi) is 4.54. The van der Waals surface area contributed by atoms with Crippen molar-refractivity contribution in [3.8, 4) is 0 Å². The summed E-state index contributed by atoms with van der Waals surface area (Å²) in [6.07, 6.45) is 3.73. The van der Waals surface area contributed by atoms with Crippen LogP contribution in [0.3, 0.4) is 0 Å². The highest BCUT2D eigenvalue weighted by Crippen LogP contribution is 2.27. The van der Waals surface area contributed by atoms with Crippen molar-refractivity contribution >= 4 is 5.78 Å². The first-order valence-electron chi connectivity index (χ1n) is 7.03. The molecular formula is C16H23NO. The van der Waals surface area contributed by atoms with Crippen molar-refractivity contribution in [2.75, 3.05) is 13.1 Å². The molecule has 0 amide bonds. The normalized spacial score (nSPS) is 18.8. The Morgan fingerprint density at radius 1 is 1.06 bits per heavy atom. The fourth-order valence-corrected chi connectivity index (χ4v) is 2.68. The van der Waals surface area contributed by atoms with Crippen LogP contribution in [0, 0.1) is 5.92 Å². The summed E-state index contributed by atoms with van der Waals surface area (Å²) in [5, 5.41) is 0. The van der Waals surface area contributed by atoms with Gasteiger partial charge in [0.2, 0.25) is 0 Å². The van der Waals surface area contributed by atoms with E-state index < -0.39 is 0 Å². The molecule has 0 unspecified atom stereocenters. The first kappa shape index (κ1) is 13.3. The van der Waals surface area contributed by atoms with E-state index in [1.54, 1.807) is 0 Å². The van der Waals surface area contributed by atoms with Gasteiger partial charge in [0.15, 0.2) is 5.78 Å². The van der Waals surface area contributed by atoms with Crippen LogP contribution in [0.15, 0.2) is 30.3 Å². The Morgan fingerprint density at radius 2 is 1.67 bits per heavy atom. The minimum absolute atomic E-state index is 0.0356. The number of nitrogens with zero attached hydrogens (tertiary/aromatic N) is 1. The summed E-state index contributed by atoms with van der Waals surface area (Å²) in [6.45, 7) is 6.11. The summed E-state index contributed by atoms with van der Waals surface area (Å²) in [5.74, 6) is 0.445. The predicted molar refractivity (Wildman–Crippen MR) is 74.5 cm³/mol. The molecule has 1 aliphatic heterocycles. The smallest absolute Gasteiger partial charge is 0.157 e. The zero-order chi connectivity index (χ0) is 13.0. The van der Waals surface area contributed by atoms with E-state index in [1.807, 2.05) is 32.0 Å². The minimum Gasteiger partial charge on any atom is -0.297 e. The van der Waals surface area contributed by atoms with E-state index in [9.17, 15) is 4.79 Å². The van der Waals surface area contributed by atoms with Gasteiger partial charge in [-0.3, -0.25) is 9.69 Å². The van der Waals surface area contributed by atoms with Crippen LogP contribution in [0.2, 0.25) is 0 Å². The molecule has 0 radical (unpaired) electrons. The third-order valence-corrected chi connectivity index (χ3v) is 3.71. The Hall–Kier alpha value is -1.15. The first-order valence-corrected chi connectivity index (χ1v) is 7.03. The molecule has 2 heteroatoms. The first-order chi connectivity index (χ1) is 8.70. The van der Waals surface area contributed by atoms with E-state index in [4.69, 9.17) is 0 Å². The largest absolute Gasteiger partial charge is 0.297 e. The van der Waals surface area contributed by atoms with Gasteiger partial charge in [0.05, 0.1) is 6.04 Å². The van der Waals surface area contributed by atoms with E-state index in [-0.39, 0.29) is 12.0 Å². The van der Waals surface area contributed by atoms with Crippen molar-refractivity contribution in [3.63, 3.8) is 0 Å². The topological polar surface area (TPSA) is 20.3 Å². The number of hydrogen-bond acceptors (Lipinski definition) is 2. The van der Waals surface area contributed by atoms with Gasteiger partial charge < -0.3 is 0 Å². The predicted octanol–water partition coefficient (Wildman–Crippen LogP) is 3.44. The molecule has 1 aromatic carbocycles. The van der Waals surface area contributed by atoms with Crippen LogP contribution in [0.5, 0.6) is 0 Å². The number of carbonyl (C=O) groups excluding carboxylic acids is 1. The maximum absolute atomic E-state index is 12.5. The van der Waals surface area contributed by atoms with Crippen molar-refractivity contribution in [2.45, 2.75) is 39.2 Å². The number of benzene rings is 1. The van der Waals surface area contributed by atoms with Crippen LogP contribution < -0.4 is 0 Å². The maximum atomic E-state index is 12.5. The molecule has 1 saturated heterocycles. The Morgan fingerprint density at radius 3 is 2.22 bits per heavy atom. The Labute approximate surface area is 110 Å². The van der Waals surface area contributed by atoms with Gasteiger partial charge in [0.1, 0.15) is 0 Å². The Balaban J connectivity index is 2.25. The van der Waals surface area contributed by atoms with Crippen LogP contribution in [0.4, 0.5) is 0 Å². The summed E-state index contributed by atoms with van der Waals surface area (Å²) < 4.78 is 0. The zero-order valence-corrected chi connectivity index (χ0v) is 11.4. The molecule has 0 spiro atoms. The summed E-state index contributed by atoms with van der Waals surface area (Å²) in [5.41, 5.74) is 1.15. The van der Waals surface area contributed by atoms with Gasteiger partial charge >= 0.3 is 0 Å². The van der Waals surface area contributed by atoms with Gasteiger partial charge in [0, 0.05) is 5.92 Å². The average Bonchev–Trinajstić information content (AvgIpc) is 2.41. The van der Waals surface area contributed by atoms with Crippen LogP contribution in [-0.4, -0.2) is 23.8 Å². The highest BCUT2D eigenvalue weighted by molar-refractivity contribution is 5.86. The summed E-state index contributed by atoms with van der Waals surface area (Å²) in [6, 6.07) is 10.2. The molecule has 1 aromatic rings. The molecule has 1 aliphatic rings. The van der Waals surface area contributed by atoms with Crippen molar-refractivity contribution in [2.24, 2.45) is 5.92 Å². The molecular weight excluding hydrogens is 222 g/mol. The van der Waals surface area contributed by atoms with Gasteiger partial charge in [-0.15, -0.1) is 0 Å². The Bertz CT molecular complexity index is 379. The quantitative estimate of drug-likeness (QED) is 0.810. The van der Waals surface area contributed by atoms with Gasteiger partial charge in [-0.1, -0.05) is 50.6 Å². The maximum Gasteiger partial charge on any atom is 0.157 e. The van der Waals surface area contributed by atoms with Gasteiger partial charge in [-0.05, 0) is 31.5 Å². The third kappa shape index (κ3) is 2.99. The number of Topliss-reactive ketones (excluding diaryl/α,β-unsaturated/α-hetero) is 1. The second-order valence-corrected chi connectivity index (χ2v) is 5.47. The summed E-state index contributed by atoms with van der Waals surface area (Å²) in [7, 11) is 0. The molecule has 0 bridgehead atoms. The average molecular weight is 245 g/mol. The molecule has 98 valence electrons. The SMILES string of the molecule is CC(C)C(=O)[C@@H](c1ccccc1)N1CCCCC1. The highest BCUT2D eigenvalue weighted by Gasteiger charge is 2.29. The van der Waals surface area contributed by atoms with E-state index in [2.05, 4.69) is 17.0 Å². The van der Waals surface area contributed by atoms with E-state index in [0.717, 1.165) is 18.7 Å². The molecule has 1 atom stereocenters. The lowest BCUT2D eigenvalue weighted by molar-refractivity contribution is -0.128. The molecule has 18 heavy (non-hydrogen) atoms. The lowest BCUT2D eigenvalue weighted by Gasteiger charge is -2.34. The molecule has 0 saturated carbocycles. The second-order valence-electron chi connectivity index (χ2n) is 5.47. The molecule has 1 fully saturated rings. The van der Waals surface area contributed by atoms with E-state index in [0.29, 0.717) is 5.78 Å². The number of ketones is 1. The fourth-order valence-electron chi connectivity index (χ4n) is 2.68. The van der Waals surface area contributed by atoms with Crippen LogP contribution in [0.1, 0.15) is 44.7 Å². The molecule has 2 rings (SSSR count). The second kappa shape index (κ2) is 6.14. The number of hydrogen-bond donors (Lipinski definition) is 0. The molecule has 2 nitrogen and oxygen atoms in total. The fraction of sp³-hybridized carbons (Fsp3) is 0.562. The van der Waals surface area contributed by atoms with E-state index in [1.165, 1.54) is 19.3 Å². The number of rotatable bonds is 4. The van der Waals surface area contributed by atoms with Crippen LogP contribution in [0.25, 0.3) is 0 Å². The van der Waals surface area contributed by atoms with Crippen LogP contribution in [-0.2, 0) is 4.79 Å². The lowest BCUT2D eigenvalue weighted by atomic mass is 9.92. The summed E-state index contributed by atoms with van der Waals surface area (Å²) >= 11 is 0. The standard InChI is InChI=1S/C16H23NO/c1-13(2)16(18)15(14-9-5-3-6-10-14)17-11-7-4-8-12-17/h3,5-6,9-10,13,15H,4,7-8,11-12H2,1-2H3/t15-/m1/s1. The van der Waals surface area contributed by atoms with Gasteiger partial charge in [-0.2, -0.15) is 0 Å². The third-order valence-electron chi connectivity index (χ3n) is 3.71. The van der Waals surface area contributed by atoms with Crippen molar-refractivity contribution in [3.05, 3.63) is 35.9 Å². The van der Waals surface area contributed by atoms with Crippen molar-refractivity contribution in [1.82, 2.24) is 4.90 Å². The number of likely N-dealkylation sites (tertiary alicyclic amines) is 1. The lowest BCUT2D eigenvalue weighted by Crippen LogP contribution is -2.39. The number of carbonyl (C=O) groups is 1.